The lowest BCUT2D eigenvalue weighted by atomic mass is 9.93. The molecule has 0 bridgehead atoms. The number of nitrogens with zero attached hydrogens (tertiary/aromatic N) is 2. The predicted molar refractivity (Wildman–Crippen MR) is 104 cm³/mol. The molecular weight excluding hydrogens is 338 g/mol. The Balaban J connectivity index is 1.34. The topological polar surface area (TPSA) is 62.3 Å². The summed E-state index contributed by atoms with van der Waals surface area (Å²) in [5.74, 6) is -0.199. The zero-order valence-electron chi connectivity index (χ0n) is 15.6. The average molecular weight is 363 g/mol. The van der Waals surface area contributed by atoms with Gasteiger partial charge in [0.2, 0.25) is 5.91 Å². The van der Waals surface area contributed by atoms with Crippen molar-refractivity contribution in [1.82, 2.24) is 15.2 Å². The molecule has 2 aromatic rings. The van der Waals surface area contributed by atoms with Crippen molar-refractivity contribution in [3.8, 4) is 11.1 Å². The van der Waals surface area contributed by atoms with Crippen LogP contribution < -0.4 is 5.32 Å². The van der Waals surface area contributed by atoms with Gasteiger partial charge in [0.25, 0.3) is 5.91 Å². The van der Waals surface area contributed by atoms with Crippen molar-refractivity contribution < 1.29 is 9.59 Å². The zero-order valence-corrected chi connectivity index (χ0v) is 15.6. The maximum Gasteiger partial charge on any atom is 0.251 e. The number of carbonyl (C=O) groups excluding carboxylic acids is 2. The van der Waals surface area contributed by atoms with Crippen molar-refractivity contribution >= 4 is 11.8 Å². The first kappa shape index (κ1) is 17.7. The summed E-state index contributed by atoms with van der Waals surface area (Å²) < 4.78 is 0. The molecule has 1 aliphatic carbocycles. The lowest BCUT2D eigenvalue weighted by Crippen LogP contribution is -2.49. The van der Waals surface area contributed by atoms with Crippen LogP contribution in [0.4, 0.5) is 0 Å². The summed E-state index contributed by atoms with van der Waals surface area (Å²) in [4.78, 5) is 31.2. The van der Waals surface area contributed by atoms with E-state index < -0.39 is 6.04 Å². The molecule has 27 heavy (non-hydrogen) atoms. The van der Waals surface area contributed by atoms with Gasteiger partial charge >= 0.3 is 0 Å². The second kappa shape index (κ2) is 7.14. The third kappa shape index (κ3) is 3.87. The molecule has 5 nitrogen and oxygen atoms in total. The molecule has 1 unspecified atom stereocenters. The summed E-state index contributed by atoms with van der Waals surface area (Å²) in [5, 5.41) is 2.85. The van der Waals surface area contributed by atoms with Gasteiger partial charge in [0.1, 0.15) is 6.04 Å². The molecule has 2 amide bonds. The molecule has 2 heterocycles. The van der Waals surface area contributed by atoms with Crippen molar-refractivity contribution in [2.45, 2.75) is 38.6 Å². The Morgan fingerprint density at radius 3 is 2.33 bits per heavy atom. The third-order valence-corrected chi connectivity index (χ3v) is 5.95. The van der Waals surface area contributed by atoms with Gasteiger partial charge in [-0.2, -0.15) is 0 Å². The van der Waals surface area contributed by atoms with Crippen LogP contribution in [0.1, 0.15) is 43.0 Å². The van der Waals surface area contributed by atoms with Gasteiger partial charge in [-0.25, -0.2) is 0 Å². The quantitative estimate of drug-likeness (QED) is 0.907. The highest BCUT2D eigenvalue weighted by Crippen LogP contribution is 2.53. The number of hydrogen-bond acceptors (Lipinski definition) is 3. The minimum Gasteiger partial charge on any atom is -0.341 e. The Bertz CT molecular complexity index is 818. The highest BCUT2D eigenvalue weighted by atomic mass is 16.2. The summed E-state index contributed by atoms with van der Waals surface area (Å²) in [6, 6.07) is 10.7. The van der Waals surface area contributed by atoms with Crippen molar-refractivity contribution in [2.24, 2.45) is 5.41 Å². The molecule has 0 radical (unpaired) electrons. The molecule has 1 N–H and O–H groups in total. The van der Waals surface area contributed by atoms with E-state index in [4.69, 9.17) is 0 Å². The van der Waals surface area contributed by atoms with Gasteiger partial charge in [-0.15, -0.1) is 0 Å². The fourth-order valence-corrected chi connectivity index (χ4v) is 3.84. The van der Waals surface area contributed by atoms with E-state index in [9.17, 15) is 9.59 Å². The molecular formula is C22H25N3O2. The first-order chi connectivity index (χ1) is 13.1. The Morgan fingerprint density at radius 1 is 1.04 bits per heavy atom. The molecule has 4 rings (SSSR count). The van der Waals surface area contributed by atoms with Gasteiger partial charge in [0.05, 0.1) is 0 Å². The standard InChI is InChI=1S/C22H25N3O2/c1-16(21(27)25-13-10-22(8-9-22)11-14-25)24-20(26)18-6-4-17(5-7-18)19-3-2-12-23-15-19/h2-7,12,15-16H,8-11,13-14H2,1H3,(H,24,26). The van der Waals surface area contributed by atoms with Gasteiger partial charge in [0.15, 0.2) is 0 Å². The number of carbonyl (C=O) groups is 2. The maximum atomic E-state index is 12.6. The summed E-state index contributed by atoms with van der Waals surface area (Å²) in [5.41, 5.74) is 3.11. The van der Waals surface area contributed by atoms with E-state index in [1.165, 1.54) is 12.8 Å². The van der Waals surface area contributed by atoms with E-state index in [0.717, 1.165) is 37.1 Å². The Kier molecular flexibility index (Phi) is 4.68. The Labute approximate surface area is 159 Å². The van der Waals surface area contributed by atoms with Gasteiger partial charge in [0, 0.05) is 31.0 Å². The second-order valence-electron chi connectivity index (χ2n) is 7.84. The molecule has 1 saturated heterocycles. The molecule has 140 valence electrons. The first-order valence-corrected chi connectivity index (χ1v) is 9.67. The van der Waals surface area contributed by atoms with Crippen LogP contribution >= 0.6 is 0 Å². The van der Waals surface area contributed by atoms with Crippen molar-refractivity contribution in [3.05, 3.63) is 54.4 Å². The maximum absolute atomic E-state index is 12.6. The summed E-state index contributed by atoms with van der Waals surface area (Å²) in [7, 11) is 0. The van der Waals surface area contributed by atoms with E-state index in [-0.39, 0.29) is 11.8 Å². The van der Waals surface area contributed by atoms with E-state index >= 15 is 0 Å². The normalized spacial score (nSPS) is 18.8. The van der Waals surface area contributed by atoms with Crippen LogP contribution in [0, 0.1) is 5.41 Å². The number of likely N-dealkylation sites (tertiary alicyclic amines) is 1. The van der Waals surface area contributed by atoms with E-state index in [2.05, 4.69) is 10.3 Å². The van der Waals surface area contributed by atoms with E-state index in [0.29, 0.717) is 11.0 Å². The smallest absolute Gasteiger partial charge is 0.251 e. The Hall–Kier alpha value is -2.69. The van der Waals surface area contributed by atoms with Crippen LogP contribution in [-0.4, -0.2) is 40.8 Å². The monoisotopic (exact) mass is 363 g/mol. The van der Waals surface area contributed by atoms with E-state index in [1.54, 1.807) is 31.5 Å². The summed E-state index contributed by atoms with van der Waals surface area (Å²) in [6.45, 7) is 3.41. The molecule has 1 spiro atoms. The van der Waals surface area contributed by atoms with Crippen molar-refractivity contribution in [2.75, 3.05) is 13.1 Å². The van der Waals surface area contributed by atoms with Crippen LogP contribution in [0.5, 0.6) is 0 Å². The van der Waals surface area contributed by atoms with Crippen molar-refractivity contribution in [3.63, 3.8) is 0 Å². The lowest BCUT2D eigenvalue weighted by molar-refractivity contribution is -0.134. The molecule has 1 aromatic heterocycles. The van der Waals surface area contributed by atoms with Gasteiger partial charge in [-0.1, -0.05) is 18.2 Å². The number of pyridine rings is 1. The summed E-state index contributed by atoms with van der Waals surface area (Å²) >= 11 is 0. The number of nitrogens with one attached hydrogen (secondary N) is 1. The third-order valence-electron chi connectivity index (χ3n) is 5.95. The van der Waals surface area contributed by atoms with Gasteiger partial charge in [-0.3, -0.25) is 14.6 Å². The molecule has 1 aliphatic heterocycles. The zero-order chi connectivity index (χ0) is 18.9. The minimum absolute atomic E-state index is 0.0193. The van der Waals surface area contributed by atoms with E-state index in [1.807, 2.05) is 29.2 Å². The summed E-state index contributed by atoms with van der Waals surface area (Å²) in [6.07, 6.45) is 8.37. The number of aromatic nitrogens is 1. The molecule has 2 fully saturated rings. The minimum atomic E-state index is -0.510. The number of amides is 2. The Morgan fingerprint density at radius 2 is 1.74 bits per heavy atom. The largest absolute Gasteiger partial charge is 0.341 e. The molecule has 1 saturated carbocycles. The fourth-order valence-electron chi connectivity index (χ4n) is 3.84. The first-order valence-electron chi connectivity index (χ1n) is 9.67. The van der Waals surface area contributed by atoms with Crippen LogP contribution in [0.2, 0.25) is 0 Å². The van der Waals surface area contributed by atoms with Gasteiger partial charge < -0.3 is 10.2 Å². The van der Waals surface area contributed by atoms with Crippen LogP contribution in [0.3, 0.4) is 0 Å². The van der Waals surface area contributed by atoms with Crippen LogP contribution in [0.15, 0.2) is 48.8 Å². The number of piperidine rings is 1. The number of rotatable bonds is 4. The molecule has 5 heteroatoms. The molecule has 1 aromatic carbocycles. The highest BCUT2D eigenvalue weighted by Gasteiger charge is 2.45. The van der Waals surface area contributed by atoms with Crippen molar-refractivity contribution in [1.29, 1.82) is 0 Å². The predicted octanol–water partition coefficient (Wildman–Crippen LogP) is 3.27. The van der Waals surface area contributed by atoms with Gasteiger partial charge in [-0.05, 0) is 67.3 Å². The lowest BCUT2D eigenvalue weighted by Gasteiger charge is -2.33. The second-order valence-corrected chi connectivity index (χ2v) is 7.84. The fraction of sp³-hybridized carbons (Fsp3) is 0.409. The number of benzene rings is 1. The highest BCUT2D eigenvalue weighted by molar-refractivity contribution is 5.97. The average Bonchev–Trinajstić information content (AvgIpc) is 3.47. The SMILES string of the molecule is CC(NC(=O)c1ccc(-c2cccnc2)cc1)C(=O)N1CCC2(CC1)CC2. The number of hydrogen-bond donors (Lipinski definition) is 1. The molecule has 1 atom stereocenters. The van der Waals surface area contributed by atoms with Crippen LogP contribution in [-0.2, 0) is 4.79 Å². The molecule has 2 aliphatic rings. The van der Waals surface area contributed by atoms with Crippen LogP contribution in [0.25, 0.3) is 11.1 Å².